The molecule has 0 aliphatic heterocycles. The lowest BCUT2D eigenvalue weighted by atomic mass is 9.87. The number of phenols is 1. The number of carbonyl (C=O) groups is 3. The Bertz CT molecular complexity index is 1300. The fourth-order valence-electron chi connectivity index (χ4n) is 4.84. The number of amides is 3. The summed E-state index contributed by atoms with van der Waals surface area (Å²) in [5, 5.41) is 15.6. The molecule has 1 fully saturated rings. The van der Waals surface area contributed by atoms with Gasteiger partial charge < -0.3 is 25.4 Å². The van der Waals surface area contributed by atoms with Gasteiger partial charge in [0.25, 0.3) is 0 Å². The lowest BCUT2D eigenvalue weighted by Gasteiger charge is -2.43. The van der Waals surface area contributed by atoms with Crippen LogP contribution in [0.2, 0.25) is 0 Å². The number of carbonyl (C=O) groups excluding carboxylic acids is 3. The van der Waals surface area contributed by atoms with E-state index in [0.29, 0.717) is 12.1 Å². The Morgan fingerprint density at radius 2 is 1.51 bits per heavy atom. The summed E-state index contributed by atoms with van der Waals surface area (Å²) < 4.78 is 5.50. The molecule has 4 rings (SSSR count). The molecule has 2 atom stereocenters. The highest BCUT2D eigenvalue weighted by atomic mass is 16.6. The van der Waals surface area contributed by atoms with Gasteiger partial charge >= 0.3 is 6.09 Å². The van der Waals surface area contributed by atoms with Crippen molar-refractivity contribution in [1.29, 1.82) is 0 Å². The monoisotopic (exact) mass is 557 g/mol. The Labute approximate surface area is 241 Å². The molecular weight excluding hydrogens is 518 g/mol. The number of phenolic OH excluding ortho intramolecular Hbond substituents is 1. The van der Waals surface area contributed by atoms with E-state index in [0.717, 1.165) is 30.4 Å². The third-order valence-electron chi connectivity index (χ3n) is 7.04. The minimum Gasteiger partial charge on any atom is -0.508 e. The van der Waals surface area contributed by atoms with Crippen LogP contribution < -0.4 is 10.6 Å². The predicted octanol–water partition coefficient (Wildman–Crippen LogP) is 5.27. The molecule has 8 heteroatoms. The average Bonchev–Trinajstić information content (AvgIpc) is 2.91. The van der Waals surface area contributed by atoms with Gasteiger partial charge in [-0.2, -0.15) is 0 Å². The van der Waals surface area contributed by atoms with E-state index >= 15 is 0 Å². The van der Waals surface area contributed by atoms with Crippen molar-refractivity contribution in [3.8, 4) is 5.75 Å². The largest absolute Gasteiger partial charge is 0.508 e. The zero-order chi connectivity index (χ0) is 29.4. The Kier molecular flexibility index (Phi) is 9.65. The van der Waals surface area contributed by atoms with Gasteiger partial charge in [0, 0.05) is 19.0 Å². The molecule has 0 heterocycles. The van der Waals surface area contributed by atoms with Crippen molar-refractivity contribution in [1.82, 2.24) is 15.5 Å². The van der Waals surface area contributed by atoms with E-state index in [2.05, 4.69) is 10.6 Å². The van der Waals surface area contributed by atoms with Gasteiger partial charge in [-0.05, 0) is 68.9 Å². The Morgan fingerprint density at radius 1 is 0.902 bits per heavy atom. The molecule has 0 aromatic heterocycles. The number of nitrogens with zero attached hydrogens (tertiary/aromatic N) is 1. The minimum atomic E-state index is -0.997. The summed E-state index contributed by atoms with van der Waals surface area (Å²) in [6.45, 7) is 5.59. The standard InChI is InChI=1S/C33H39N3O5/c1-33(2,3)41-32(40)35-28(21-23-17-19-27(37)20-18-23)31(39)36(26-15-10-16-26)29(25-13-8-5-9-14-25)30(38)34-22-24-11-6-4-7-12-24/h4-9,11-14,17-20,26,28-29,37H,10,15-16,21-22H2,1-3H3,(H,34,38)(H,35,40). The SMILES string of the molecule is CC(C)(C)OC(=O)NC(Cc1ccc(O)cc1)C(=O)N(C1CCC1)C(C(=O)NCc1ccccc1)c1ccccc1. The maximum absolute atomic E-state index is 14.5. The number of hydrogen-bond acceptors (Lipinski definition) is 5. The summed E-state index contributed by atoms with van der Waals surface area (Å²) in [5.41, 5.74) is 1.63. The average molecular weight is 558 g/mol. The Hall–Kier alpha value is -4.33. The molecule has 3 aromatic rings. The third kappa shape index (κ3) is 8.33. The van der Waals surface area contributed by atoms with Crippen LogP contribution in [0.25, 0.3) is 0 Å². The fourth-order valence-corrected chi connectivity index (χ4v) is 4.84. The van der Waals surface area contributed by atoms with E-state index in [1.807, 2.05) is 60.7 Å². The van der Waals surface area contributed by atoms with Gasteiger partial charge in [-0.25, -0.2) is 4.79 Å². The van der Waals surface area contributed by atoms with Crippen molar-refractivity contribution in [3.05, 3.63) is 102 Å². The lowest BCUT2D eigenvalue weighted by molar-refractivity contribution is -0.147. The lowest BCUT2D eigenvalue weighted by Crippen LogP contribution is -2.58. The van der Waals surface area contributed by atoms with Crippen molar-refractivity contribution >= 4 is 17.9 Å². The minimum absolute atomic E-state index is 0.104. The van der Waals surface area contributed by atoms with Crippen molar-refractivity contribution < 1.29 is 24.2 Å². The first-order chi connectivity index (χ1) is 19.6. The molecule has 0 spiro atoms. The van der Waals surface area contributed by atoms with Crippen LogP contribution in [0.4, 0.5) is 4.79 Å². The fraction of sp³-hybridized carbons (Fsp3) is 0.364. The second-order valence-corrected chi connectivity index (χ2v) is 11.4. The van der Waals surface area contributed by atoms with E-state index in [1.165, 1.54) is 12.1 Å². The van der Waals surface area contributed by atoms with Gasteiger partial charge in [0.05, 0.1) is 0 Å². The van der Waals surface area contributed by atoms with E-state index in [4.69, 9.17) is 4.74 Å². The van der Waals surface area contributed by atoms with Crippen LogP contribution in [0.5, 0.6) is 5.75 Å². The van der Waals surface area contributed by atoms with E-state index in [-0.39, 0.29) is 30.0 Å². The summed E-state index contributed by atoms with van der Waals surface area (Å²) in [6.07, 6.45) is 1.92. The number of hydrogen-bond donors (Lipinski definition) is 3. The smallest absolute Gasteiger partial charge is 0.408 e. The molecule has 3 aromatic carbocycles. The van der Waals surface area contributed by atoms with Gasteiger partial charge in [-0.3, -0.25) is 9.59 Å². The van der Waals surface area contributed by atoms with Gasteiger partial charge in [0.1, 0.15) is 23.4 Å². The van der Waals surface area contributed by atoms with Gasteiger partial charge in [-0.15, -0.1) is 0 Å². The van der Waals surface area contributed by atoms with Crippen molar-refractivity contribution in [2.75, 3.05) is 0 Å². The van der Waals surface area contributed by atoms with Crippen LogP contribution in [-0.2, 0) is 27.3 Å². The van der Waals surface area contributed by atoms with Gasteiger partial charge in [-0.1, -0.05) is 72.8 Å². The molecule has 0 radical (unpaired) electrons. The summed E-state index contributed by atoms with van der Waals surface area (Å²) in [7, 11) is 0. The molecular formula is C33H39N3O5. The molecule has 216 valence electrons. The highest BCUT2D eigenvalue weighted by Gasteiger charge is 2.42. The maximum atomic E-state index is 14.5. The Morgan fingerprint density at radius 3 is 2.07 bits per heavy atom. The second kappa shape index (κ2) is 13.4. The van der Waals surface area contributed by atoms with Gasteiger partial charge in [0.15, 0.2) is 0 Å². The number of ether oxygens (including phenoxy) is 1. The number of aromatic hydroxyl groups is 1. The van der Waals surface area contributed by atoms with Crippen LogP contribution in [0.3, 0.4) is 0 Å². The summed E-state index contributed by atoms with van der Waals surface area (Å²) in [4.78, 5) is 42.9. The summed E-state index contributed by atoms with van der Waals surface area (Å²) in [5.74, 6) is -0.551. The summed E-state index contributed by atoms with van der Waals surface area (Å²) in [6, 6.07) is 23.3. The predicted molar refractivity (Wildman–Crippen MR) is 157 cm³/mol. The molecule has 2 unspecified atom stereocenters. The number of nitrogens with one attached hydrogen (secondary N) is 2. The van der Waals surface area contributed by atoms with Crippen LogP contribution in [0.1, 0.15) is 62.8 Å². The van der Waals surface area contributed by atoms with Crippen LogP contribution >= 0.6 is 0 Å². The zero-order valence-corrected chi connectivity index (χ0v) is 23.9. The van der Waals surface area contributed by atoms with Crippen LogP contribution in [0, 0.1) is 0 Å². The summed E-state index contributed by atoms with van der Waals surface area (Å²) >= 11 is 0. The molecule has 1 aliphatic rings. The number of alkyl carbamates (subject to hydrolysis) is 1. The molecule has 1 aliphatic carbocycles. The molecule has 0 saturated heterocycles. The first kappa shape index (κ1) is 29.6. The van der Waals surface area contributed by atoms with Crippen molar-refractivity contribution in [2.45, 2.75) is 76.7 Å². The van der Waals surface area contributed by atoms with E-state index in [1.54, 1.807) is 37.8 Å². The van der Waals surface area contributed by atoms with E-state index < -0.39 is 23.8 Å². The first-order valence-corrected chi connectivity index (χ1v) is 14.1. The van der Waals surface area contributed by atoms with Crippen LogP contribution in [0.15, 0.2) is 84.9 Å². The normalized spacial score (nSPS) is 14.7. The maximum Gasteiger partial charge on any atom is 0.408 e. The quantitative estimate of drug-likeness (QED) is 0.315. The molecule has 3 N–H and O–H groups in total. The topological polar surface area (TPSA) is 108 Å². The number of rotatable bonds is 10. The zero-order valence-electron chi connectivity index (χ0n) is 23.9. The molecule has 0 bridgehead atoms. The molecule has 3 amide bonds. The van der Waals surface area contributed by atoms with Crippen molar-refractivity contribution in [3.63, 3.8) is 0 Å². The molecule has 1 saturated carbocycles. The second-order valence-electron chi connectivity index (χ2n) is 11.4. The molecule has 8 nitrogen and oxygen atoms in total. The molecule has 41 heavy (non-hydrogen) atoms. The number of benzene rings is 3. The third-order valence-corrected chi connectivity index (χ3v) is 7.04. The van der Waals surface area contributed by atoms with Crippen molar-refractivity contribution in [2.24, 2.45) is 0 Å². The first-order valence-electron chi connectivity index (χ1n) is 14.1. The Balaban J connectivity index is 1.68. The van der Waals surface area contributed by atoms with Gasteiger partial charge in [0.2, 0.25) is 11.8 Å². The van der Waals surface area contributed by atoms with Crippen LogP contribution in [-0.4, -0.2) is 45.6 Å². The highest BCUT2D eigenvalue weighted by molar-refractivity contribution is 5.92. The highest BCUT2D eigenvalue weighted by Crippen LogP contribution is 2.34. The van der Waals surface area contributed by atoms with E-state index in [9.17, 15) is 19.5 Å².